The van der Waals surface area contributed by atoms with Crippen molar-refractivity contribution in [2.24, 2.45) is 0 Å². The van der Waals surface area contributed by atoms with Crippen LogP contribution >= 0.6 is 0 Å². The van der Waals surface area contributed by atoms with E-state index in [1.54, 1.807) is 6.92 Å². The van der Waals surface area contributed by atoms with Crippen LogP contribution in [0.5, 0.6) is 0 Å². The lowest BCUT2D eigenvalue weighted by Gasteiger charge is -2.06. The zero-order valence-corrected chi connectivity index (χ0v) is 11.0. The van der Waals surface area contributed by atoms with Gasteiger partial charge in [0, 0.05) is 0 Å². The quantitative estimate of drug-likeness (QED) is 0.812. The Morgan fingerprint density at radius 1 is 1.29 bits per heavy atom. The molecule has 8 heteroatoms. The van der Waals surface area contributed by atoms with Crippen LogP contribution in [0.2, 0.25) is 0 Å². The van der Waals surface area contributed by atoms with Crippen molar-refractivity contribution in [1.29, 1.82) is 0 Å². The van der Waals surface area contributed by atoms with E-state index in [0.29, 0.717) is 5.56 Å². The average Bonchev–Trinajstić information content (AvgIpc) is 2.87. The van der Waals surface area contributed by atoms with Gasteiger partial charge in [-0.3, -0.25) is 0 Å². The molecule has 0 amide bonds. The van der Waals surface area contributed by atoms with Gasteiger partial charge in [-0.25, -0.2) is 4.79 Å². The number of esters is 1. The van der Waals surface area contributed by atoms with E-state index in [-0.39, 0.29) is 24.7 Å². The summed E-state index contributed by atoms with van der Waals surface area (Å²) in [5, 5.41) is 3.45. The number of alkyl halides is 3. The predicted molar refractivity (Wildman–Crippen MR) is 64.5 cm³/mol. The smallest absolute Gasteiger partial charge is 0.416 e. The van der Waals surface area contributed by atoms with E-state index in [1.165, 1.54) is 12.1 Å². The fraction of sp³-hybridized carbons (Fsp3) is 0.308. The Labute approximate surface area is 117 Å². The minimum Gasteiger partial charge on any atom is -0.460 e. The Hall–Kier alpha value is -2.38. The topological polar surface area (TPSA) is 65.2 Å². The molecule has 0 atom stereocenters. The predicted octanol–water partition coefficient (Wildman–Crippen LogP) is 2.86. The number of halogens is 3. The molecule has 112 valence electrons. The molecule has 2 rings (SSSR count). The number of nitrogens with zero attached hydrogens (tertiary/aromatic N) is 2. The van der Waals surface area contributed by atoms with Crippen molar-refractivity contribution in [3.8, 4) is 0 Å². The second kappa shape index (κ2) is 5.94. The van der Waals surface area contributed by atoms with E-state index in [4.69, 9.17) is 9.26 Å². The largest absolute Gasteiger partial charge is 0.460 e. The first kappa shape index (κ1) is 15.0. The number of ether oxygens (including phenoxy) is 1. The minimum absolute atomic E-state index is 0.123. The summed E-state index contributed by atoms with van der Waals surface area (Å²) in [4.78, 5) is 15.2. The number of hydrogen-bond acceptors (Lipinski definition) is 5. The molecule has 5 nitrogen and oxygen atoms in total. The molecule has 1 aromatic carbocycles. The zero-order valence-electron chi connectivity index (χ0n) is 11.0. The molecule has 0 aliphatic rings. The third kappa shape index (κ3) is 3.80. The van der Waals surface area contributed by atoms with Crippen LogP contribution in [-0.2, 0) is 17.3 Å². The SMILES string of the molecule is CCOC(=O)c1noc(Cc2ccc(C(F)(F)F)cc2)n1. The second-order valence-corrected chi connectivity index (χ2v) is 4.10. The maximum absolute atomic E-state index is 12.4. The summed E-state index contributed by atoms with van der Waals surface area (Å²) in [6, 6.07) is 4.57. The Morgan fingerprint density at radius 2 is 1.95 bits per heavy atom. The first-order chi connectivity index (χ1) is 9.90. The first-order valence-corrected chi connectivity index (χ1v) is 6.06. The molecule has 0 radical (unpaired) electrons. The lowest BCUT2D eigenvalue weighted by molar-refractivity contribution is -0.137. The molecule has 1 heterocycles. The van der Waals surface area contributed by atoms with E-state index >= 15 is 0 Å². The normalized spacial score (nSPS) is 11.4. The van der Waals surface area contributed by atoms with Gasteiger partial charge in [0.15, 0.2) is 0 Å². The molecule has 0 bridgehead atoms. The fourth-order valence-electron chi connectivity index (χ4n) is 1.59. The van der Waals surface area contributed by atoms with Crippen molar-refractivity contribution >= 4 is 5.97 Å². The van der Waals surface area contributed by atoms with Crippen molar-refractivity contribution in [2.45, 2.75) is 19.5 Å². The maximum Gasteiger partial charge on any atom is 0.416 e. The molecular weight excluding hydrogens is 289 g/mol. The van der Waals surface area contributed by atoms with Gasteiger partial charge in [-0.1, -0.05) is 12.1 Å². The van der Waals surface area contributed by atoms with Gasteiger partial charge in [-0.2, -0.15) is 18.2 Å². The number of hydrogen-bond donors (Lipinski definition) is 0. The molecule has 1 aromatic heterocycles. The number of carbonyl (C=O) groups is 1. The lowest BCUT2D eigenvalue weighted by atomic mass is 10.1. The van der Waals surface area contributed by atoms with Crippen LogP contribution in [0, 0.1) is 0 Å². The van der Waals surface area contributed by atoms with Crippen LogP contribution < -0.4 is 0 Å². The van der Waals surface area contributed by atoms with Crippen molar-refractivity contribution in [2.75, 3.05) is 6.61 Å². The lowest BCUT2D eigenvalue weighted by Crippen LogP contribution is -2.06. The summed E-state index contributed by atoms with van der Waals surface area (Å²) < 4.78 is 46.8. The molecule has 2 aromatic rings. The summed E-state index contributed by atoms with van der Waals surface area (Å²) in [6.07, 6.45) is -4.25. The molecule has 0 unspecified atom stereocenters. The van der Waals surface area contributed by atoms with E-state index in [2.05, 4.69) is 10.1 Å². The van der Waals surface area contributed by atoms with Gasteiger partial charge >= 0.3 is 12.1 Å². The van der Waals surface area contributed by atoms with Crippen molar-refractivity contribution in [3.05, 3.63) is 47.1 Å². The summed E-state index contributed by atoms with van der Waals surface area (Å²) in [5.74, 6) is -0.795. The van der Waals surface area contributed by atoms with Crippen molar-refractivity contribution in [3.63, 3.8) is 0 Å². The highest BCUT2D eigenvalue weighted by atomic mass is 19.4. The number of aromatic nitrogens is 2. The molecule has 21 heavy (non-hydrogen) atoms. The number of carbonyl (C=O) groups excluding carboxylic acids is 1. The van der Waals surface area contributed by atoms with Gasteiger partial charge in [0.1, 0.15) is 0 Å². The van der Waals surface area contributed by atoms with Gasteiger partial charge in [0.05, 0.1) is 18.6 Å². The van der Waals surface area contributed by atoms with Crippen molar-refractivity contribution in [1.82, 2.24) is 10.1 Å². The highest BCUT2D eigenvalue weighted by molar-refractivity contribution is 5.84. The Balaban J connectivity index is 2.07. The van der Waals surface area contributed by atoms with Crippen LogP contribution in [0.3, 0.4) is 0 Å². The van der Waals surface area contributed by atoms with E-state index in [1.807, 2.05) is 0 Å². The van der Waals surface area contributed by atoms with E-state index in [0.717, 1.165) is 12.1 Å². The summed E-state index contributed by atoms with van der Waals surface area (Å²) >= 11 is 0. The third-order valence-electron chi connectivity index (χ3n) is 2.56. The number of benzene rings is 1. The highest BCUT2D eigenvalue weighted by Gasteiger charge is 2.30. The summed E-state index contributed by atoms with van der Waals surface area (Å²) in [7, 11) is 0. The van der Waals surface area contributed by atoms with Gasteiger partial charge < -0.3 is 9.26 Å². The van der Waals surface area contributed by atoms with E-state index in [9.17, 15) is 18.0 Å². The molecule has 0 fully saturated rings. The Kier molecular flexibility index (Phi) is 4.25. The standard InChI is InChI=1S/C13H11F3N2O3/c1-2-20-12(19)11-17-10(21-18-11)7-8-3-5-9(6-4-8)13(14,15)16/h3-6H,2,7H2,1H3. The highest BCUT2D eigenvalue weighted by Crippen LogP contribution is 2.29. The summed E-state index contributed by atoms with van der Waals surface area (Å²) in [6.45, 7) is 1.82. The Morgan fingerprint density at radius 3 is 2.52 bits per heavy atom. The average molecular weight is 300 g/mol. The monoisotopic (exact) mass is 300 g/mol. The molecule has 0 aliphatic carbocycles. The molecule has 0 saturated heterocycles. The minimum atomic E-state index is -4.37. The van der Waals surface area contributed by atoms with Gasteiger partial charge in [0.25, 0.3) is 5.82 Å². The van der Waals surface area contributed by atoms with Crippen molar-refractivity contribution < 1.29 is 27.2 Å². The molecule has 0 saturated carbocycles. The molecule has 0 aliphatic heterocycles. The second-order valence-electron chi connectivity index (χ2n) is 4.10. The van der Waals surface area contributed by atoms with Crippen LogP contribution in [0.15, 0.2) is 28.8 Å². The van der Waals surface area contributed by atoms with Crippen LogP contribution in [0.25, 0.3) is 0 Å². The fourth-order valence-corrected chi connectivity index (χ4v) is 1.59. The zero-order chi connectivity index (χ0) is 15.5. The van der Waals surface area contributed by atoms with Gasteiger partial charge in [-0.15, -0.1) is 0 Å². The van der Waals surface area contributed by atoms with E-state index < -0.39 is 17.7 Å². The summed E-state index contributed by atoms with van der Waals surface area (Å²) in [5.41, 5.74) is -0.175. The molecular formula is C13H11F3N2O3. The number of rotatable bonds is 4. The maximum atomic E-state index is 12.4. The van der Waals surface area contributed by atoms with Crippen LogP contribution in [0.1, 0.15) is 34.6 Å². The van der Waals surface area contributed by atoms with Gasteiger partial charge in [0.2, 0.25) is 5.89 Å². The molecule has 0 spiro atoms. The molecule has 0 N–H and O–H groups in total. The Bertz CT molecular complexity index is 620. The first-order valence-electron chi connectivity index (χ1n) is 6.06. The third-order valence-corrected chi connectivity index (χ3v) is 2.56. The van der Waals surface area contributed by atoms with Crippen LogP contribution in [-0.4, -0.2) is 22.7 Å². The van der Waals surface area contributed by atoms with Gasteiger partial charge in [-0.05, 0) is 29.8 Å². The van der Waals surface area contributed by atoms with Crippen LogP contribution in [0.4, 0.5) is 13.2 Å².